The summed E-state index contributed by atoms with van der Waals surface area (Å²) < 4.78 is 46.9. The summed E-state index contributed by atoms with van der Waals surface area (Å²) in [6.45, 7) is 1.01. The van der Waals surface area contributed by atoms with Gasteiger partial charge in [-0.3, -0.25) is 9.69 Å². The van der Waals surface area contributed by atoms with Gasteiger partial charge in [0.2, 0.25) is 5.91 Å². The first-order valence-electron chi connectivity index (χ1n) is 6.22. The number of nitrogens with zero attached hydrogens (tertiary/aromatic N) is 1. The molecule has 2 aliphatic heterocycles. The number of halogens is 3. The van der Waals surface area contributed by atoms with Crippen LogP contribution in [0.2, 0.25) is 0 Å². The smallest absolute Gasteiger partial charge is 0.347 e. The molecule has 0 aliphatic carbocycles. The molecule has 2 aliphatic rings. The van der Waals surface area contributed by atoms with E-state index in [2.05, 4.69) is 0 Å². The number of hydrogen-bond acceptors (Lipinski definition) is 4. The van der Waals surface area contributed by atoms with Crippen molar-refractivity contribution in [2.45, 2.75) is 24.8 Å². The van der Waals surface area contributed by atoms with Crippen molar-refractivity contribution in [3.63, 3.8) is 0 Å². The lowest BCUT2D eigenvalue weighted by molar-refractivity contribution is -0.185. The normalized spacial score (nSPS) is 23.7. The molecule has 0 aromatic rings. The molecule has 0 aromatic carbocycles. The molecule has 8 heteroatoms. The van der Waals surface area contributed by atoms with Crippen molar-refractivity contribution in [2.75, 3.05) is 39.4 Å². The Hall–Kier alpha value is -0.860. The summed E-state index contributed by atoms with van der Waals surface area (Å²) >= 11 is 0. The van der Waals surface area contributed by atoms with Crippen molar-refractivity contribution >= 4 is 5.91 Å². The fourth-order valence-electron chi connectivity index (χ4n) is 2.30. The van der Waals surface area contributed by atoms with Gasteiger partial charge in [0.1, 0.15) is 6.54 Å². The molecule has 5 nitrogen and oxygen atoms in total. The molecule has 2 heterocycles. The first kappa shape index (κ1) is 14.5. The van der Waals surface area contributed by atoms with Crippen LogP contribution in [0.1, 0.15) is 12.8 Å². The van der Waals surface area contributed by atoms with Crippen LogP contribution in [0.4, 0.5) is 13.2 Å². The Morgan fingerprint density at radius 1 is 1.21 bits per heavy atom. The van der Waals surface area contributed by atoms with Gasteiger partial charge >= 0.3 is 6.18 Å². The molecular weight excluding hydrogens is 265 g/mol. The van der Waals surface area contributed by atoms with Gasteiger partial charge in [-0.05, 0) is 0 Å². The molecule has 1 spiro atoms. The third-order valence-corrected chi connectivity index (χ3v) is 3.28. The predicted molar refractivity (Wildman–Crippen MR) is 59.4 cm³/mol. The highest BCUT2D eigenvalue weighted by molar-refractivity contribution is 5.78. The maximum Gasteiger partial charge on any atom is 0.405 e. The highest BCUT2D eigenvalue weighted by atomic mass is 19.4. The fourth-order valence-corrected chi connectivity index (χ4v) is 2.30. The van der Waals surface area contributed by atoms with Crippen LogP contribution in [0.25, 0.3) is 0 Å². The van der Waals surface area contributed by atoms with Crippen molar-refractivity contribution in [2.24, 2.45) is 0 Å². The van der Waals surface area contributed by atoms with E-state index in [1.54, 1.807) is 0 Å². The third-order valence-electron chi connectivity index (χ3n) is 3.28. The van der Waals surface area contributed by atoms with Crippen molar-refractivity contribution in [3.8, 4) is 0 Å². The van der Waals surface area contributed by atoms with Gasteiger partial charge in [0.05, 0.1) is 19.8 Å². The molecule has 110 valence electrons. The fraction of sp³-hybridized carbons (Fsp3) is 0.909. The zero-order chi connectivity index (χ0) is 13.9. The SMILES string of the molecule is O=C(CN1CCC2(CC1)OCCO2)NCC(F)(F)F. The van der Waals surface area contributed by atoms with Gasteiger partial charge in [-0.15, -0.1) is 0 Å². The van der Waals surface area contributed by atoms with Gasteiger partial charge in [0, 0.05) is 25.9 Å². The topological polar surface area (TPSA) is 50.8 Å². The average Bonchev–Trinajstić information content (AvgIpc) is 2.78. The molecule has 2 rings (SSSR count). The Morgan fingerprint density at radius 2 is 1.79 bits per heavy atom. The zero-order valence-electron chi connectivity index (χ0n) is 10.5. The van der Waals surface area contributed by atoms with Crippen LogP contribution in [0.15, 0.2) is 0 Å². The second kappa shape index (κ2) is 5.64. The number of ether oxygens (including phenoxy) is 2. The van der Waals surface area contributed by atoms with Crippen molar-refractivity contribution < 1.29 is 27.4 Å². The molecule has 0 radical (unpaired) electrons. The molecule has 1 amide bonds. The van der Waals surface area contributed by atoms with Crippen LogP contribution >= 0.6 is 0 Å². The quantitative estimate of drug-likeness (QED) is 0.819. The van der Waals surface area contributed by atoms with Gasteiger partial charge in [0.25, 0.3) is 0 Å². The first-order valence-corrected chi connectivity index (χ1v) is 6.22. The van der Waals surface area contributed by atoms with E-state index in [4.69, 9.17) is 9.47 Å². The second-order valence-electron chi connectivity index (χ2n) is 4.78. The number of hydrogen-bond donors (Lipinski definition) is 1. The minimum atomic E-state index is -4.37. The Morgan fingerprint density at radius 3 is 2.32 bits per heavy atom. The Kier molecular flexibility index (Phi) is 4.32. The van der Waals surface area contributed by atoms with E-state index < -0.39 is 24.4 Å². The number of rotatable bonds is 3. The average molecular weight is 282 g/mol. The standard InChI is InChI=1S/C11H17F3N2O3/c12-11(13,14)8-15-9(17)7-16-3-1-10(2-4-16)18-5-6-19-10/h1-8H2,(H,15,17). The lowest BCUT2D eigenvalue weighted by atomic mass is 10.0. The number of likely N-dealkylation sites (tertiary alicyclic amines) is 1. The summed E-state index contributed by atoms with van der Waals surface area (Å²) in [5, 5.41) is 1.86. The molecule has 1 N–H and O–H groups in total. The summed E-state index contributed by atoms with van der Waals surface area (Å²) in [4.78, 5) is 13.2. The summed E-state index contributed by atoms with van der Waals surface area (Å²) in [6.07, 6.45) is -3.09. The highest BCUT2D eigenvalue weighted by Gasteiger charge is 2.40. The zero-order valence-corrected chi connectivity index (χ0v) is 10.5. The van der Waals surface area contributed by atoms with Gasteiger partial charge in [-0.1, -0.05) is 0 Å². The largest absolute Gasteiger partial charge is 0.405 e. The second-order valence-corrected chi connectivity index (χ2v) is 4.78. The number of carbonyl (C=O) groups is 1. The molecule has 19 heavy (non-hydrogen) atoms. The number of carbonyl (C=O) groups excluding carboxylic acids is 1. The predicted octanol–water partition coefficient (Wildman–Crippen LogP) is 0.504. The minimum absolute atomic E-state index is 0.0217. The van der Waals surface area contributed by atoms with Crippen LogP contribution in [0, 0.1) is 0 Å². The Bertz CT molecular complexity index is 320. The number of nitrogens with one attached hydrogen (secondary N) is 1. The Balaban J connectivity index is 1.69. The lowest BCUT2D eigenvalue weighted by Crippen LogP contribution is -2.48. The summed E-state index contributed by atoms with van der Waals surface area (Å²) in [6, 6.07) is 0. The molecule has 0 atom stereocenters. The van der Waals surface area contributed by atoms with Crippen molar-refractivity contribution in [1.29, 1.82) is 0 Å². The van der Waals surface area contributed by atoms with E-state index in [9.17, 15) is 18.0 Å². The summed E-state index contributed by atoms with van der Waals surface area (Å²) in [5.41, 5.74) is 0. The number of amides is 1. The van der Waals surface area contributed by atoms with Gasteiger partial charge < -0.3 is 14.8 Å². The van der Waals surface area contributed by atoms with Crippen LogP contribution in [0.5, 0.6) is 0 Å². The summed E-state index contributed by atoms with van der Waals surface area (Å²) in [7, 11) is 0. The van der Waals surface area contributed by atoms with Gasteiger partial charge in [0.15, 0.2) is 5.79 Å². The van der Waals surface area contributed by atoms with Crippen molar-refractivity contribution in [3.05, 3.63) is 0 Å². The third kappa shape index (κ3) is 4.32. The molecule has 0 saturated carbocycles. The van der Waals surface area contributed by atoms with Crippen molar-refractivity contribution in [1.82, 2.24) is 10.2 Å². The van der Waals surface area contributed by atoms with E-state index in [-0.39, 0.29) is 6.54 Å². The molecular formula is C11H17F3N2O3. The molecule has 2 fully saturated rings. The van der Waals surface area contributed by atoms with Crippen LogP contribution in [-0.4, -0.2) is 62.2 Å². The molecule has 0 aromatic heterocycles. The lowest BCUT2D eigenvalue weighted by Gasteiger charge is -2.37. The number of alkyl halides is 3. The van der Waals surface area contributed by atoms with E-state index >= 15 is 0 Å². The first-order chi connectivity index (χ1) is 8.89. The van der Waals surface area contributed by atoms with Gasteiger partial charge in [-0.2, -0.15) is 13.2 Å². The van der Waals surface area contributed by atoms with Crippen LogP contribution in [0.3, 0.4) is 0 Å². The maximum atomic E-state index is 11.9. The summed E-state index contributed by atoms with van der Waals surface area (Å²) in [5.74, 6) is -1.14. The van der Waals surface area contributed by atoms with E-state index in [0.29, 0.717) is 39.1 Å². The Labute approximate surface area is 109 Å². The van der Waals surface area contributed by atoms with Crippen LogP contribution < -0.4 is 5.32 Å². The molecule has 2 saturated heterocycles. The molecule has 0 unspecified atom stereocenters. The van der Waals surface area contributed by atoms with E-state index in [1.807, 2.05) is 10.2 Å². The number of piperidine rings is 1. The van der Waals surface area contributed by atoms with E-state index in [0.717, 1.165) is 0 Å². The molecule has 0 bridgehead atoms. The monoisotopic (exact) mass is 282 g/mol. The maximum absolute atomic E-state index is 11.9. The van der Waals surface area contributed by atoms with Gasteiger partial charge in [-0.25, -0.2) is 0 Å². The van der Waals surface area contributed by atoms with Crippen LogP contribution in [-0.2, 0) is 14.3 Å². The highest BCUT2D eigenvalue weighted by Crippen LogP contribution is 2.30. The van der Waals surface area contributed by atoms with E-state index in [1.165, 1.54) is 0 Å². The minimum Gasteiger partial charge on any atom is -0.347 e.